The minimum absolute atomic E-state index is 0.0282. The fourth-order valence-electron chi connectivity index (χ4n) is 2.51. The van der Waals surface area contributed by atoms with Crippen molar-refractivity contribution in [2.24, 2.45) is 0 Å². The Labute approximate surface area is 150 Å². The third-order valence-electron chi connectivity index (χ3n) is 3.89. The van der Waals surface area contributed by atoms with Gasteiger partial charge in [-0.2, -0.15) is 0 Å². The summed E-state index contributed by atoms with van der Waals surface area (Å²) in [5.41, 5.74) is 2.33. The molecular weight excluding hydrogens is 338 g/mol. The lowest BCUT2D eigenvalue weighted by atomic mass is 10.1. The second-order valence-electron chi connectivity index (χ2n) is 5.82. The first-order valence-corrected chi connectivity index (χ1v) is 8.39. The molecule has 0 aliphatic heterocycles. The Morgan fingerprint density at radius 2 is 2.04 bits per heavy atom. The van der Waals surface area contributed by atoms with Crippen molar-refractivity contribution in [3.05, 3.63) is 71.0 Å². The number of tetrazole rings is 1. The van der Waals surface area contributed by atoms with Crippen molar-refractivity contribution in [3.8, 4) is 5.69 Å². The molecule has 128 valence electrons. The zero-order valence-corrected chi connectivity index (χ0v) is 14.5. The lowest BCUT2D eigenvalue weighted by molar-refractivity contribution is 0.0938. The zero-order chi connectivity index (χ0) is 17.6. The lowest BCUT2D eigenvalue weighted by Crippen LogP contribution is -2.33. The van der Waals surface area contributed by atoms with E-state index >= 15 is 0 Å². The predicted molar refractivity (Wildman–Crippen MR) is 95.9 cm³/mol. The first-order chi connectivity index (χ1) is 12.1. The molecule has 0 saturated carbocycles. The number of amides is 1. The summed E-state index contributed by atoms with van der Waals surface area (Å²) in [6, 6.07) is 15.3. The third kappa shape index (κ3) is 4.42. The summed E-state index contributed by atoms with van der Waals surface area (Å²) in [5, 5.41) is 14.4. The van der Waals surface area contributed by atoms with Gasteiger partial charge < -0.3 is 5.32 Å². The van der Waals surface area contributed by atoms with E-state index in [-0.39, 0.29) is 11.9 Å². The van der Waals surface area contributed by atoms with E-state index in [1.165, 1.54) is 16.6 Å². The molecule has 1 atom stereocenters. The number of hydrogen-bond acceptors (Lipinski definition) is 4. The van der Waals surface area contributed by atoms with Crippen LogP contribution in [0, 0.1) is 0 Å². The van der Waals surface area contributed by atoms with Crippen LogP contribution in [-0.4, -0.2) is 32.2 Å². The standard InChI is InChI=1S/C18H18ClN5O/c1-13(7-8-14-5-3-2-4-6-14)21-18(25)16-11-15(9-10-17(16)19)24-12-20-22-23-24/h2-6,9-13H,7-8H2,1H3,(H,21,25). The second-order valence-corrected chi connectivity index (χ2v) is 6.22. The van der Waals surface area contributed by atoms with Gasteiger partial charge >= 0.3 is 0 Å². The summed E-state index contributed by atoms with van der Waals surface area (Å²) >= 11 is 6.19. The van der Waals surface area contributed by atoms with Gasteiger partial charge in [-0.3, -0.25) is 4.79 Å². The van der Waals surface area contributed by atoms with Crippen LogP contribution in [-0.2, 0) is 6.42 Å². The van der Waals surface area contributed by atoms with Crippen molar-refractivity contribution in [1.82, 2.24) is 25.5 Å². The van der Waals surface area contributed by atoms with E-state index in [4.69, 9.17) is 11.6 Å². The number of carbonyl (C=O) groups excluding carboxylic acids is 1. The Hall–Kier alpha value is -2.73. The Morgan fingerprint density at radius 3 is 2.76 bits per heavy atom. The first-order valence-electron chi connectivity index (χ1n) is 8.01. The summed E-state index contributed by atoms with van der Waals surface area (Å²) in [6.07, 6.45) is 3.22. The van der Waals surface area contributed by atoms with E-state index in [1.54, 1.807) is 18.2 Å². The molecule has 1 N–H and O–H groups in total. The van der Waals surface area contributed by atoms with E-state index in [2.05, 4.69) is 33.0 Å². The van der Waals surface area contributed by atoms with Gasteiger partial charge in [0.25, 0.3) is 5.91 Å². The van der Waals surface area contributed by atoms with Gasteiger partial charge in [-0.1, -0.05) is 41.9 Å². The van der Waals surface area contributed by atoms with Crippen LogP contribution in [0.4, 0.5) is 0 Å². The smallest absolute Gasteiger partial charge is 0.253 e. The fourth-order valence-corrected chi connectivity index (χ4v) is 2.71. The maximum atomic E-state index is 12.6. The number of benzene rings is 2. The van der Waals surface area contributed by atoms with Gasteiger partial charge in [0.2, 0.25) is 0 Å². The molecule has 1 heterocycles. The van der Waals surface area contributed by atoms with E-state index in [0.717, 1.165) is 12.8 Å². The van der Waals surface area contributed by atoms with Crippen molar-refractivity contribution < 1.29 is 4.79 Å². The van der Waals surface area contributed by atoms with Crippen LogP contribution < -0.4 is 5.32 Å². The van der Waals surface area contributed by atoms with Crippen molar-refractivity contribution in [1.29, 1.82) is 0 Å². The molecule has 3 rings (SSSR count). The highest BCUT2D eigenvalue weighted by atomic mass is 35.5. The van der Waals surface area contributed by atoms with Crippen molar-refractivity contribution >= 4 is 17.5 Å². The number of aromatic nitrogens is 4. The highest BCUT2D eigenvalue weighted by Gasteiger charge is 2.15. The van der Waals surface area contributed by atoms with Crippen LogP contribution in [0.5, 0.6) is 0 Å². The number of halogens is 1. The van der Waals surface area contributed by atoms with E-state index in [0.29, 0.717) is 16.3 Å². The molecule has 3 aromatic rings. The van der Waals surface area contributed by atoms with Crippen LogP contribution in [0.25, 0.3) is 5.69 Å². The largest absolute Gasteiger partial charge is 0.350 e. The Kier molecular flexibility index (Phi) is 5.40. The molecule has 0 fully saturated rings. The molecule has 1 unspecified atom stereocenters. The van der Waals surface area contributed by atoms with Crippen LogP contribution in [0.15, 0.2) is 54.9 Å². The quantitative estimate of drug-likeness (QED) is 0.737. The number of carbonyl (C=O) groups is 1. The molecule has 0 spiro atoms. The number of nitrogens with one attached hydrogen (secondary N) is 1. The maximum absolute atomic E-state index is 12.6. The minimum Gasteiger partial charge on any atom is -0.350 e. The van der Waals surface area contributed by atoms with Crippen LogP contribution in [0.2, 0.25) is 5.02 Å². The van der Waals surface area contributed by atoms with Crippen LogP contribution in [0.1, 0.15) is 29.3 Å². The van der Waals surface area contributed by atoms with Gasteiger partial charge in [0.05, 0.1) is 16.3 Å². The molecule has 2 aromatic carbocycles. The van der Waals surface area contributed by atoms with Crippen molar-refractivity contribution in [3.63, 3.8) is 0 Å². The van der Waals surface area contributed by atoms with Crippen LogP contribution in [0.3, 0.4) is 0 Å². The number of hydrogen-bond donors (Lipinski definition) is 1. The Balaban J connectivity index is 1.65. The molecule has 6 nitrogen and oxygen atoms in total. The number of nitrogens with zero attached hydrogens (tertiary/aromatic N) is 4. The molecule has 1 aromatic heterocycles. The summed E-state index contributed by atoms with van der Waals surface area (Å²) < 4.78 is 1.48. The SMILES string of the molecule is CC(CCc1ccccc1)NC(=O)c1cc(-n2cnnn2)ccc1Cl. The van der Waals surface area contributed by atoms with Gasteiger partial charge in [0.15, 0.2) is 0 Å². The minimum atomic E-state index is -0.208. The van der Waals surface area contributed by atoms with Gasteiger partial charge in [0, 0.05) is 6.04 Å². The number of rotatable bonds is 6. The average molecular weight is 356 g/mol. The number of aryl methyl sites for hydroxylation is 1. The highest BCUT2D eigenvalue weighted by Crippen LogP contribution is 2.19. The summed E-state index contributed by atoms with van der Waals surface area (Å²) in [7, 11) is 0. The van der Waals surface area contributed by atoms with Crippen molar-refractivity contribution in [2.75, 3.05) is 0 Å². The van der Waals surface area contributed by atoms with E-state index < -0.39 is 0 Å². The summed E-state index contributed by atoms with van der Waals surface area (Å²) in [5.74, 6) is -0.208. The molecule has 0 aliphatic rings. The normalized spacial score (nSPS) is 11.9. The highest BCUT2D eigenvalue weighted by molar-refractivity contribution is 6.33. The zero-order valence-electron chi connectivity index (χ0n) is 13.8. The average Bonchev–Trinajstić information content (AvgIpc) is 3.16. The van der Waals surface area contributed by atoms with Gasteiger partial charge in [-0.15, -0.1) is 5.10 Å². The molecule has 7 heteroatoms. The molecular formula is C18H18ClN5O. The van der Waals surface area contributed by atoms with Gasteiger partial charge in [0.1, 0.15) is 6.33 Å². The molecule has 25 heavy (non-hydrogen) atoms. The van der Waals surface area contributed by atoms with Gasteiger partial charge in [-0.25, -0.2) is 4.68 Å². The Bertz CT molecular complexity index is 836. The molecule has 0 bridgehead atoms. The maximum Gasteiger partial charge on any atom is 0.253 e. The molecule has 1 amide bonds. The van der Waals surface area contributed by atoms with Crippen LogP contribution >= 0.6 is 11.6 Å². The second kappa shape index (κ2) is 7.90. The predicted octanol–water partition coefficient (Wildman–Crippen LogP) is 3.07. The first kappa shape index (κ1) is 17.1. The topological polar surface area (TPSA) is 72.7 Å². The lowest BCUT2D eigenvalue weighted by Gasteiger charge is -2.15. The third-order valence-corrected chi connectivity index (χ3v) is 4.22. The van der Waals surface area contributed by atoms with Gasteiger partial charge in [-0.05, 0) is 54.0 Å². The van der Waals surface area contributed by atoms with E-state index in [1.807, 2.05) is 25.1 Å². The summed E-state index contributed by atoms with van der Waals surface area (Å²) in [4.78, 5) is 12.6. The van der Waals surface area contributed by atoms with E-state index in [9.17, 15) is 4.79 Å². The molecule has 0 saturated heterocycles. The molecule has 0 aliphatic carbocycles. The monoisotopic (exact) mass is 355 g/mol. The van der Waals surface area contributed by atoms with Crippen molar-refractivity contribution in [2.45, 2.75) is 25.8 Å². The Morgan fingerprint density at radius 1 is 1.24 bits per heavy atom. The summed E-state index contributed by atoms with van der Waals surface area (Å²) in [6.45, 7) is 1.99. The molecule has 0 radical (unpaired) electrons. The fraction of sp³-hybridized carbons (Fsp3) is 0.222.